The molecule has 0 bridgehead atoms. The molecule has 0 radical (unpaired) electrons. The average Bonchev–Trinajstić information content (AvgIpc) is 3.03. The summed E-state index contributed by atoms with van der Waals surface area (Å²) in [4.78, 5) is 28.2. The molecule has 0 spiro atoms. The van der Waals surface area contributed by atoms with E-state index >= 15 is 0 Å². The molecule has 2 aromatic rings. The first-order chi connectivity index (χ1) is 12.1. The van der Waals surface area contributed by atoms with E-state index in [2.05, 4.69) is 11.0 Å². The summed E-state index contributed by atoms with van der Waals surface area (Å²) in [7, 11) is 0. The fraction of sp³-hybridized carbons (Fsp3) is 0.263. The van der Waals surface area contributed by atoms with Crippen molar-refractivity contribution >= 4 is 23.2 Å². The van der Waals surface area contributed by atoms with Crippen LogP contribution in [0.5, 0.6) is 5.75 Å². The Morgan fingerprint density at radius 3 is 2.60 bits per heavy atom. The predicted octanol–water partition coefficient (Wildman–Crippen LogP) is 1.33. The number of fused-ring (bicyclic) bond motifs is 2. The fourth-order valence-electron chi connectivity index (χ4n) is 3.44. The van der Waals surface area contributed by atoms with Crippen molar-refractivity contribution in [1.82, 2.24) is 0 Å². The minimum Gasteiger partial charge on any atom is -0.477 e. The molecule has 0 saturated heterocycles. The number of carbonyl (C=O) groups is 2. The standard InChI is InChI=1S/C19H19N3O3/c20-19(24)17-11-22(15-7-3-4-8-16(15)25-17)18(23)12-21-10-9-13-5-1-2-6-14(13)21/h1-8,17H,9-12H2,(H2,20,24)/t17-/m1/s1. The van der Waals surface area contributed by atoms with Crippen LogP contribution >= 0.6 is 0 Å². The molecule has 1 atom stereocenters. The molecule has 0 aromatic heterocycles. The van der Waals surface area contributed by atoms with Crippen LogP contribution in [0.25, 0.3) is 0 Å². The second-order valence-electron chi connectivity index (χ2n) is 6.28. The van der Waals surface area contributed by atoms with Crippen molar-refractivity contribution in [3.63, 3.8) is 0 Å². The summed E-state index contributed by atoms with van der Waals surface area (Å²) in [6.45, 7) is 1.22. The Labute approximate surface area is 145 Å². The molecule has 6 nitrogen and oxygen atoms in total. The highest BCUT2D eigenvalue weighted by atomic mass is 16.5. The molecular formula is C19H19N3O3. The highest BCUT2D eigenvalue weighted by Gasteiger charge is 2.33. The number of nitrogens with zero attached hydrogens (tertiary/aromatic N) is 2. The van der Waals surface area contributed by atoms with Crippen LogP contribution in [0.15, 0.2) is 48.5 Å². The molecule has 4 rings (SSSR count). The maximum Gasteiger partial charge on any atom is 0.260 e. The van der Waals surface area contributed by atoms with Crippen molar-refractivity contribution in [1.29, 1.82) is 0 Å². The summed E-state index contributed by atoms with van der Waals surface area (Å²) in [5.41, 5.74) is 8.44. The third kappa shape index (κ3) is 2.80. The summed E-state index contributed by atoms with van der Waals surface area (Å²) in [6, 6.07) is 15.3. The zero-order valence-corrected chi connectivity index (χ0v) is 13.7. The molecule has 2 N–H and O–H groups in total. The minimum absolute atomic E-state index is 0.0706. The number of carbonyl (C=O) groups excluding carboxylic acids is 2. The van der Waals surface area contributed by atoms with E-state index in [1.165, 1.54) is 5.56 Å². The second kappa shape index (κ2) is 6.12. The molecule has 25 heavy (non-hydrogen) atoms. The van der Waals surface area contributed by atoms with Crippen molar-refractivity contribution in [2.75, 3.05) is 29.4 Å². The number of ether oxygens (including phenoxy) is 1. The normalized spacial score (nSPS) is 18.3. The van der Waals surface area contributed by atoms with Crippen molar-refractivity contribution in [2.24, 2.45) is 5.73 Å². The zero-order valence-electron chi connectivity index (χ0n) is 13.7. The van der Waals surface area contributed by atoms with E-state index in [0.29, 0.717) is 11.4 Å². The molecule has 2 aliphatic heterocycles. The topological polar surface area (TPSA) is 75.9 Å². The maximum atomic E-state index is 13.0. The van der Waals surface area contributed by atoms with Gasteiger partial charge in [0.05, 0.1) is 18.8 Å². The molecule has 2 amide bonds. The van der Waals surface area contributed by atoms with E-state index in [-0.39, 0.29) is 19.0 Å². The van der Waals surface area contributed by atoms with Crippen LogP contribution in [0.3, 0.4) is 0 Å². The van der Waals surface area contributed by atoms with Gasteiger partial charge in [-0.05, 0) is 30.2 Å². The van der Waals surface area contributed by atoms with Gasteiger partial charge in [0.25, 0.3) is 5.91 Å². The van der Waals surface area contributed by atoms with Gasteiger partial charge in [0.1, 0.15) is 5.75 Å². The molecule has 128 valence electrons. The summed E-state index contributed by atoms with van der Waals surface area (Å²) in [5, 5.41) is 0. The highest BCUT2D eigenvalue weighted by molar-refractivity contribution is 5.99. The van der Waals surface area contributed by atoms with Crippen LogP contribution in [-0.2, 0) is 16.0 Å². The van der Waals surface area contributed by atoms with E-state index in [0.717, 1.165) is 18.7 Å². The first-order valence-electron chi connectivity index (χ1n) is 8.31. The summed E-state index contributed by atoms with van der Waals surface area (Å²) < 4.78 is 5.62. The Bertz CT molecular complexity index is 836. The lowest BCUT2D eigenvalue weighted by Crippen LogP contribution is -2.51. The monoisotopic (exact) mass is 337 g/mol. The van der Waals surface area contributed by atoms with Gasteiger partial charge in [-0.25, -0.2) is 0 Å². The Kier molecular flexibility index (Phi) is 3.80. The molecule has 2 heterocycles. The molecule has 0 aliphatic carbocycles. The lowest BCUT2D eigenvalue weighted by atomic mass is 10.1. The van der Waals surface area contributed by atoms with Crippen molar-refractivity contribution in [2.45, 2.75) is 12.5 Å². The highest BCUT2D eigenvalue weighted by Crippen LogP contribution is 2.34. The maximum absolute atomic E-state index is 13.0. The number of hydrogen-bond donors (Lipinski definition) is 1. The van der Waals surface area contributed by atoms with Gasteiger partial charge in [-0.1, -0.05) is 30.3 Å². The Morgan fingerprint density at radius 2 is 1.80 bits per heavy atom. The summed E-state index contributed by atoms with van der Waals surface area (Å²) in [6.07, 6.45) is 0.109. The van der Waals surface area contributed by atoms with Crippen LogP contribution in [0.4, 0.5) is 11.4 Å². The molecule has 0 fully saturated rings. The zero-order chi connectivity index (χ0) is 17.4. The smallest absolute Gasteiger partial charge is 0.260 e. The Balaban J connectivity index is 1.58. The number of hydrogen-bond acceptors (Lipinski definition) is 4. The summed E-state index contributed by atoms with van der Waals surface area (Å²) >= 11 is 0. The van der Waals surface area contributed by atoms with Crippen LogP contribution in [0, 0.1) is 0 Å². The average molecular weight is 337 g/mol. The number of benzene rings is 2. The molecule has 0 unspecified atom stereocenters. The van der Waals surface area contributed by atoms with Gasteiger partial charge < -0.3 is 20.3 Å². The van der Waals surface area contributed by atoms with Gasteiger partial charge in [-0.3, -0.25) is 9.59 Å². The molecular weight excluding hydrogens is 318 g/mol. The number of para-hydroxylation sites is 3. The molecule has 2 aliphatic rings. The number of primary amides is 1. The van der Waals surface area contributed by atoms with E-state index in [4.69, 9.17) is 10.5 Å². The third-order valence-corrected chi connectivity index (χ3v) is 4.70. The largest absolute Gasteiger partial charge is 0.477 e. The van der Waals surface area contributed by atoms with E-state index in [1.54, 1.807) is 11.0 Å². The minimum atomic E-state index is -0.829. The number of amides is 2. The predicted molar refractivity (Wildman–Crippen MR) is 94.8 cm³/mol. The van der Waals surface area contributed by atoms with Crippen LogP contribution in [-0.4, -0.2) is 37.6 Å². The van der Waals surface area contributed by atoms with Crippen LogP contribution in [0.1, 0.15) is 5.56 Å². The number of anilines is 2. The van der Waals surface area contributed by atoms with Crippen molar-refractivity contribution in [3.05, 3.63) is 54.1 Å². The lowest BCUT2D eigenvalue weighted by Gasteiger charge is -2.34. The van der Waals surface area contributed by atoms with Crippen molar-refractivity contribution in [3.8, 4) is 5.75 Å². The fourth-order valence-corrected chi connectivity index (χ4v) is 3.44. The molecule has 6 heteroatoms. The van der Waals surface area contributed by atoms with Gasteiger partial charge in [0.15, 0.2) is 6.10 Å². The first kappa shape index (κ1) is 15.5. The summed E-state index contributed by atoms with van der Waals surface area (Å²) in [5.74, 6) is -0.134. The lowest BCUT2D eigenvalue weighted by molar-refractivity contribution is -0.125. The Morgan fingerprint density at radius 1 is 1.08 bits per heavy atom. The first-order valence-corrected chi connectivity index (χ1v) is 8.31. The third-order valence-electron chi connectivity index (χ3n) is 4.70. The number of rotatable bonds is 3. The van der Waals surface area contributed by atoms with Gasteiger partial charge in [0.2, 0.25) is 5.91 Å². The van der Waals surface area contributed by atoms with Gasteiger partial charge >= 0.3 is 0 Å². The number of nitrogens with two attached hydrogens (primary N) is 1. The van der Waals surface area contributed by atoms with E-state index in [9.17, 15) is 9.59 Å². The van der Waals surface area contributed by atoms with E-state index in [1.807, 2.05) is 36.4 Å². The van der Waals surface area contributed by atoms with Gasteiger partial charge in [-0.2, -0.15) is 0 Å². The molecule has 2 aromatic carbocycles. The van der Waals surface area contributed by atoms with Crippen molar-refractivity contribution < 1.29 is 14.3 Å². The quantitative estimate of drug-likeness (QED) is 0.917. The Hall–Kier alpha value is -3.02. The molecule has 0 saturated carbocycles. The van der Waals surface area contributed by atoms with Gasteiger partial charge in [-0.15, -0.1) is 0 Å². The van der Waals surface area contributed by atoms with E-state index < -0.39 is 12.0 Å². The van der Waals surface area contributed by atoms with Crippen LogP contribution < -0.4 is 20.3 Å². The van der Waals surface area contributed by atoms with Crippen LogP contribution in [0.2, 0.25) is 0 Å². The second-order valence-corrected chi connectivity index (χ2v) is 6.28. The SMILES string of the molecule is NC(=O)[C@H]1CN(C(=O)CN2CCc3ccccc32)c2ccccc2O1. The van der Waals surface area contributed by atoms with Gasteiger partial charge in [0, 0.05) is 12.2 Å².